The Balaban J connectivity index is 1.57. The molecule has 0 amide bonds. The lowest BCUT2D eigenvalue weighted by molar-refractivity contribution is 0.387. The van der Waals surface area contributed by atoms with Crippen LogP contribution in [0.3, 0.4) is 0 Å². The van der Waals surface area contributed by atoms with E-state index >= 15 is 0 Å². The van der Waals surface area contributed by atoms with Crippen molar-refractivity contribution in [3.05, 3.63) is 72.3 Å². The smallest absolute Gasteiger partial charge is 0.243 e. The zero-order valence-corrected chi connectivity index (χ0v) is 15.7. The van der Waals surface area contributed by atoms with Gasteiger partial charge in [-0.1, -0.05) is 24.3 Å². The van der Waals surface area contributed by atoms with Crippen LogP contribution >= 0.6 is 0 Å². The Morgan fingerprint density at radius 1 is 1.00 bits per heavy atom. The topological polar surface area (TPSA) is 72.4 Å². The molecule has 0 spiro atoms. The van der Waals surface area contributed by atoms with E-state index in [-0.39, 0.29) is 0 Å². The van der Waals surface area contributed by atoms with Crippen molar-refractivity contribution in [1.82, 2.24) is 14.3 Å². The van der Waals surface area contributed by atoms with Crippen LogP contribution < -0.4 is 4.74 Å². The number of hydrogen-bond acceptors (Lipinski definition) is 5. The van der Waals surface area contributed by atoms with Crippen LogP contribution in [0.5, 0.6) is 5.75 Å². The number of methoxy groups -OCH3 is 1. The largest absolute Gasteiger partial charge is 0.497 e. The average Bonchev–Trinajstić information content (AvgIpc) is 2.73. The van der Waals surface area contributed by atoms with Crippen LogP contribution in [0.25, 0.3) is 11.1 Å². The van der Waals surface area contributed by atoms with Gasteiger partial charge in [0.2, 0.25) is 10.0 Å². The minimum absolute atomic E-state index is 0.292. The zero-order valence-electron chi connectivity index (χ0n) is 14.9. The Hall–Kier alpha value is -2.77. The first-order valence-electron chi connectivity index (χ1n) is 8.60. The van der Waals surface area contributed by atoms with E-state index in [1.165, 1.54) is 10.6 Å². The summed E-state index contributed by atoms with van der Waals surface area (Å²) in [4.78, 5) is 8.52. The van der Waals surface area contributed by atoms with Crippen molar-refractivity contribution in [3.8, 4) is 16.9 Å². The molecule has 6 nitrogen and oxygen atoms in total. The molecule has 3 aromatic rings. The van der Waals surface area contributed by atoms with Gasteiger partial charge in [0.15, 0.2) is 0 Å². The van der Waals surface area contributed by atoms with E-state index in [9.17, 15) is 8.42 Å². The van der Waals surface area contributed by atoms with Gasteiger partial charge < -0.3 is 4.74 Å². The van der Waals surface area contributed by atoms with Gasteiger partial charge >= 0.3 is 0 Å². The maximum absolute atomic E-state index is 13.0. The van der Waals surface area contributed by atoms with Gasteiger partial charge in [-0.15, -0.1) is 0 Å². The molecule has 138 valence electrons. The van der Waals surface area contributed by atoms with Gasteiger partial charge in [0.1, 0.15) is 12.1 Å². The van der Waals surface area contributed by atoms with Crippen LogP contribution in [0.4, 0.5) is 0 Å². The second-order valence-electron chi connectivity index (χ2n) is 6.34. The SMILES string of the molecule is COc1ccc(-c2ccc(S(=O)(=O)N3CCc4ncncc4C3)cc2)cc1. The first-order chi connectivity index (χ1) is 13.1. The van der Waals surface area contributed by atoms with E-state index in [2.05, 4.69) is 9.97 Å². The molecule has 2 aromatic carbocycles. The molecule has 1 aromatic heterocycles. The third-order valence-corrected chi connectivity index (χ3v) is 6.60. The Morgan fingerprint density at radius 3 is 2.33 bits per heavy atom. The molecule has 1 aliphatic heterocycles. The molecule has 0 bridgehead atoms. The molecule has 0 aliphatic carbocycles. The van der Waals surface area contributed by atoms with Crippen LogP contribution in [0.1, 0.15) is 11.3 Å². The number of fused-ring (bicyclic) bond motifs is 1. The van der Waals surface area contributed by atoms with Crippen LogP contribution in [0, 0.1) is 0 Å². The molecule has 0 atom stereocenters. The molecular weight excluding hydrogens is 362 g/mol. The number of nitrogens with zero attached hydrogens (tertiary/aromatic N) is 3. The molecule has 27 heavy (non-hydrogen) atoms. The molecule has 0 saturated carbocycles. The lowest BCUT2D eigenvalue weighted by Gasteiger charge is -2.27. The molecule has 0 N–H and O–H groups in total. The fraction of sp³-hybridized carbons (Fsp3) is 0.200. The number of aromatic nitrogens is 2. The maximum Gasteiger partial charge on any atom is 0.243 e. The summed E-state index contributed by atoms with van der Waals surface area (Å²) < 4.78 is 32.6. The number of rotatable bonds is 4. The summed E-state index contributed by atoms with van der Waals surface area (Å²) in [6, 6.07) is 14.6. The lowest BCUT2D eigenvalue weighted by atomic mass is 10.1. The van der Waals surface area contributed by atoms with Crippen molar-refractivity contribution in [2.24, 2.45) is 0 Å². The highest BCUT2D eigenvalue weighted by atomic mass is 32.2. The number of sulfonamides is 1. The summed E-state index contributed by atoms with van der Waals surface area (Å²) in [6.07, 6.45) is 3.79. The van der Waals surface area contributed by atoms with Gasteiger partial charge in [-0.25, -0.2) is 18.4 Å². The van der Waals surface area contributed by atoms with E-state index in [1.807, 2.05) is 36.4 Å². The molecule has 7 heteroatoms. The predicted molar refractivity (Wildman–Crippen MR) is 102 cm³/mol. The van der Waals surface area contributed by atoms with Gasteiger partial charge in [0.05, 0.1) is 12.0 Å². The molecule has 0 unspecified atom stereocenters. The van der Waals surface area contributed by atoms with Gasteiger partial charge in [0, 0.05) is 37.0 Å². The van der Waals surface area contributed by atoms with Gasteiger partial charge in [0.25, 0.3) is 0 Å². The van der Waals surface area contributed by atoms with Crippen molar-refractivity contribution < 1.29 is 13.2 Å². The third kappa shape index (κ3) is 3.43. The first-order valence-corrected chi connectivity index (χ1v) is 10.0. The van der Waals surface area contributed by atoms with E-state index in [0.717, 1.165) is 28.1 Å². The summed E-state index contributed by atoms with van der Waals surface area (Å²) >= 11 is 0. The van der Waals surface area contributed by atoms with Crippen LogP contribution in [-0.4, -0.2) is 36.3 Å². The number of ether oxygens (including phenoxy) is 1. The van der Waals surface area contributed by atoms with E-state index in [0.29, 0.717) is 24.4 Å². The van der Waals surface area contributed by atoms with Gasteiger partial charge in [-0.3, -0.25) is 0 Å². The fourth-order valence-corrected chi connectivity index (χ4v) is 4.62. The lowest BCUT2D eigenvalue weighted by Crippen LogP contribution is -2.36. The van der Waals surface area contributed by atoms with Crippen molar-refractivity contribution in [2.75, 3.05) is 13.7 Å². The summed E-state index contributed by atoms with van der Waals surface area (Å²) in [5, 5.41) is 0. The molecule has 2 heterocycles. The second kappa shape index (κ2) is 7.09. The molecule has 4 rings (SSSR count). The van der Waals surface area contributed by atoms with Crippen LogP contribution in [0.15, 0.2) is 66.0 Å². The molecule has 1 aliphatic rings. The van der Waals surface area contributed by atoms with Crippen molar-refractivity contribution in [1.29, 1.82) is 0 Å². The van der Waals surface area contributed by atoms with E-state index in [1.54, 1.807) is 25.4 Å². The van der Waals surface area contributed by atoms with Crippen LogP contribution in [-0.2, 0) is 23.0 Å². The Morgan fingerprint density at radius 2 is 1.67 bits per heavy atom. The van der Waals surface area contributed by atoms with Gasteiger partial charge in [-0.05, 0) is 35.4 Å². The number of hydrogen-bond donors (Lipinski definition) is 0. The Bertz CT molecular complexity index is 1050. The highest BCUT2D eigenvalue weighted by Gasteiger charge is 2.28. The number of benzene rings is 2. The molecule has 0 saturated heterocycles. The standard InChI is InChI=1S/C20H19N3O3S/c1-26-18-6-2-15(3-7-18)16-4-8-19(9-5-16)27(24,25)23-11-10-20-17(13-23)12-21-14-22-20/h2-9,12,14H,10-11,13H2,1H3. The minimum atomic E-state index is -3.56. The normalized spacial score (nSPS) is 14.6. The predicted octanol–water partition coefficient (Wildman–Crippen LogP) is 2.90. The first kappa shape index (κ1) is 17.6. The average molecular weight is 381 g/mol. The Kier molecular flexibility index (Phi) is 4.63. The van der Waals surface area contributed by atoms with Crippen LogP contribution in [0.2, 0.25) is 0 Å². The zero-order chi connectivity index (χ0) is 18.9. The van der Waals surface area contributed by atoms with Crippen molar-refractivity contribution >= 4 is 10.0 Å². The summed E-state index contributed by atoms with van der Waals surface area (Å²) in [5.74, 6) is 0.785. The monoisotopic (exact) mass is 381 g/mol. The quantitative estimate of drug-likeness (QED) is 0.695. The summed E-state index contributed by atoms with van der Waals surface area (Å²) in [6.45, 7) is 0.727. The van der Waals surface area contributed by atoms with E-state index < -0.39 is 10.0 Å². The van der Waals surface area contributed by atoms with Gasteiger partial charge in [-0.2, -0.15) is 4.31 Å². The highest BCUT2D eigenvalue weighted by molar-refractivity contribution is 7.89. The van der Waals surface area contributed by atoms with E-state index in [4.69, 9.17) is 4.74 Å². The fourth-order valence-electron chi connectivity index (χ4n) is 3.20. The Labute approximate surface area is 158 Å². The second-order valence-corrected chi connectivity index (χ2v) is 8.27. The summed E-state index contributed by atoms with van der Waals surface area (Å²) in [7, 11) is -1.93. The molecular formula is C20H19N3O3S. The highest BCUT2D eigenvalue weighted by Crippen LogP contribution is 2.27. The molecule has 0 fully saturated rings. The minimum Gasteiger partial charge on any atom is -0.497 e. The maximum atomic E-state index is 13.0. The van der Waals surface area contributed by atoms with Crippen molar-refractivity contribution in [2.45, 2.75) is 17.9 Å². The van der Waals surface area contributed by atoms with Crippen molar-refractivity contribution in [3.63, 3.8) is 0 Å². The summed E-state index contributed by atoms with van der Waals surface area (Å²) in [5.41, 5.74) is 3.74. The molecule has 0 radical (unpaired) electrons. The third-order valence-electron chi connectivity index (χ3n) is 4.74.